The zero-order chi connectivity index (χ0) is 23.4. The highest BCUT2D eigenvalue weighted by atomic mass is 35.5. The molecule has 2 N–H and O–H groups in total. The second kappa shape index (κ2) is 8.01. The van der Waals surface area contributed by atoms with Crippen LogP contribution in [0.15, 0.2) is 32.2 Å². The van der Waals surface area contributed by atoms with Gasteiger partial charge in [-0.2, -0.15) is 4.98 Å². The number of rotatable bonds is 4. The minimum atomic E-state index is -0.459. The number of halogens is 2. The molecule has 5 rings (SSSR count). The predicted molar refractivity (Wildman–Crippen MR) is 124 cm³/mol. The quantitative estimate of drug-likeness (QED) is 0.453. The van der Waals surface area contributed by atoms with Crippen molar-refractivity contribution >= 4 is 40.3 Å². The molecule has 1 aromatic carbocycles. The van der Waals surface area contributed by atoms with Crippen LogP contribution in [0.5, 0.6) is 0 Å². The van der Waals surface area contributed by atoms with Crippen molar-refractivity contribution in [2.75, 3.05) is 18.0 Å². The molecular formula is C20H20Cl2N8O3. The third kappa shape index (κ3) is 3.62. The summed E-state index contributed by atoms with van der Waals surface area (Å²) in [4.78, 5) is 32.1. The van der Waals surface area contributed by atoms with Crippen LogP contribution in [0.1, 0.15) is 12.3 Å². The monoisotopic (exact) mass is 490 g/mol. The topological polar surface area (TPSA) is 130 Å². The minimum absolute atomic E-state index is 0.00502. The molecule has 4 heterocycles. The summed E-state index contributed by atoms with van der Waals surface area (Å²) in [6.45, 7) is 1.34. The van der Waals surface area contributed by atoms with Gasteiger partial charge in [0.05, 0.1) is 10.0 Å². The molecule has 3 aromatic heterocycles. The Bertz CT molecular complexity index is 1500. The molecule has 4 aromatic rings. The summed E-state index contributed by atoms with van der Waals surface area (Å²) in [6.07, 6.45) is 0.794. The van der Waals surface area contributed by atoms with E-state index in [1.165, 1.54) is 11.6 Å². The van der Waals surface area contributed by atoms with E-state index in [2.05, 4.69) is 15.2 Å². The van der Waals surface area contributed by atoms with Gasteiger partial charge in [0.2, 0.25) is 17.7 Å². The molecule has 0 radical (unpaired) electrons. The zero-order valence-corrected chi connectivity index (χ0v) is 19.3. The third-order valence-electron chi connectivity index (χ3n) is 5.76. The lowest BCUT2D eigenvalue weighted by molar-refractivity contribution is 0.490. The number of anilines is 1. The molecule has 1 fully saturated rings. The second-order valence-electron chi connectivity index (χ2n) is 8.00. The molecule has 0 amide bonds. The number of imidazole rings is 1. The number of aromatic nitrogens is 6. The number of hydrogen-bond acceptors (Lipinski definition) is 8. The summed E-state index contributed by atoms with van der Waals surface area (Å²) in [5, 5.41) is 9.03. The third-order valence-corrected chi connectivity index (χ3v) is 6.50. The summed E-state index contributed by atoms with van der Waals surface area (Å²) in [5.74, 6) is 1.04. The average Bonchev–Trinajstić information content (AvgIpc) is 3.52. The fraction of sp³-hybridized carbons (Fsp3) is 0.350. The summed E-state index contributed by atoms with van der Waals surface area (Å²) < 4.78 is 9.95. The number of hydrogen-bond donors (Lipinski definition) is 1. The van der Waals surface area contributed by atoms with E-state index < -0.39 is 11.2 Å². The van der Waals surface area contributed by atoms with Crippen LogP contribution in [-0.2, 0) is 20.6 Å². The van der Waals surface area contributed by atoms with Crippen molar-refractivity contribution in [2.24, 2.45) is 19.8 Å². The van der Waals surface area contributed by atoms with E-state index in [-0.39, 0.29) is 35.5 Å². The van der Waals surface area contributed by atoms with Gasteiger partial charge in [0.1, 0.15) is 6.54 Å². The standard InChI is InChI=1S/C20H20Cl2N8O3/c1-27-16-15(18(31)28(2)20(27)32)30(19(24-16)29-6-5-11(23)8-29)9-14-25-26-17(33-14)10-3-4-12(21)13(22)7-10/h3-4,7,11H,5-6,8-9,23H2,1-2H3. The van der Waals surface area contributed by atoms with Crippen LogP contribution in [0.3, 0.4) is 0 Å². The molecule has 0 saturated carbocycles. The first kappa shape index (κ1) is 21.7. The van der Waals surface area contributed by atoms with Gasteiger partial charge in [0, 0.05) is 38.8 Å². The van der Waals surface area contributed by atoms with E-state index in [0.717, 1.165) is 11.0 Å². The summed E-state index contributed by atoms with van der Waals surface area (Å²) >= 11 is 12.1. The van der Waals surface area contributed by atoms with E-state index in [0.29, 0.717) is 34.6 Å². The van der Waals surface area contributed by atoms with Gasteiger partial charge < -0.3 is 15.1 Å². The lowest BCUT2D eigenvalue weighted by Gasteiger charge is -2.18. The smallest absolute Gasteiger partial charge is 0.332 e. The highest BCUT2D eigenvalue weighted by Gasteiger charge is 2.28. The molecule has 0 aliphatic carbocycles. The van der Waals surface area contributed by atoms with Gasteiger partial charge in [0.15, 0.2) is 11.2 Å². The Labute approximate surface area is 197 Å². The summed E-state index contributed by atoms with van der Waals surface area (Å²) in [7, 11) is 3.01. The molecule has 0 spiro atoms. The highest BCUT2D eigenvalue weighted by molar-refractivity contribution is 6.42. The first-order valence-corrected chi connectivity index (χ1v) is 10.9. The maximum atomic E-state index is 13.1. The molecule has 1 aliphatic rings. The lowest BCUT2D eigenvalue weighted by Crippen LogP contribution is -2.37. The fourth-order valence-electron chi connectivity index (χ4n) is 3.99. The van der Waals surface area contributed by atoms with Crippen LogP contribution in [0, 0.1) is 0 Å². The largest absolute Gasteiger partial charge is 0.419 e. The average molecular weight is 491 g/mol. The van der Waals surface area contributed by atoms with Gasteiger partial charge in [-0.15, -0.1) is 10.2 Å². The van der Waals surface area contributed by atoms with Crippen LogP contribution in [0.25, 0.3) is 22.6 Å². The van der Waals surface area contributed by atoms with Gasteiger partial charge in [-0.3, -0.25) is 18.5 Å². The van der Waals surface area contributed by atoms with Crippen LogP contribution < -0.4 is 21.9 Å². The Balaban J connectivity index is 1.63. The van der Waals surface area contributed by atoms with Gasteiger partial charge in [-0.05, 0) is 24.6 Å². The van der Waals surface area contributed by atoms with Crippen molar-refractivity contribution in [3.05, 3.63) is 55.0 Å². The molecule has 13 heteroatoms. The van der Waals surface area contributed by atoms with Crippen molar-refractivity contribution in [2.45, 2.75) is 19.0 Å². The Morgan fingerprint density at radius 2 is 1.94 bits per heavy atom. The van der Waals surface area contributed by atoms with Crippen molar-refractivity contribution in [1.29, 1.82) is 0 Å². The maximum Gasteiger partial charge on any atom is 0.332 e. The highest BCUT2D eigenvalue weighted by Crippen LogP contribution is 2.29. The Hall–Kier alpha value is -3.15. The van der Waals surface area contributed by atoms with E-state index in [4.69, 9.17) is 33.4 Å². The molecular weight excluding hydrogens is 471 g/mol. The van der Waals surface area contributed by atoms with Gasteiger partial charge in [-0.1, -0.05) is 23.2 Å². The Kier molecular flexibility index (Phi) is 5.26. The van der Waals surface area contributed by atoms with E-state index in [1.807, 2.05) is 4.90 Å². The van der Waals surface area contributed by atoms with Crippen molar-refractivity contribution in [3.63, 3.8) is 0 Å². The minimum Gasteiger partial charge on any atom is -0.419 e. The van der Waals surface area contributed by atoms with Crippen molar-refractivity contribution < 1.29 is 4.42 Å². The SMILES string of the molecule is Cn1c(=O)c2c(nc(N3CCC(N)C3)n2Cc2nnc(-c3ccc(Cl)c(Cl)c3)o2)n(C)c1=O. The molecule has 33 heavy (non-hydrogen) atoms. The molecule has 0 bridgehead atoms. The van der Waals surface area contributed by atoms with Crippen LogP contribution in [0.4, 0.5) is 5.95 Å². The Morgan fingerprint density at radius 3 is 2.64 bits per heavy atom. The number of fused-ring (bicyclic) bond motifs is 1. The fourth-order valence-corrected chi connectivity index (χ4v) is 4.29. The van der Waals surface area contributed by atoms with Gasteiger partial charge in [-0.25, -0.2) is 4.79 Å². The first-order chi connectivity index (χ1) is 15.7. The van der Waals surface area contributed by atoms with Gasteiger partial charge in [0.25, 0.3) is 5.56 Å². The van der Waals surface area contributed by atoms with Crippen LogP contribution in [-0.4, -0.2) is 48.0 Å². The molecule has 1 saturated heterocycles. The zero-order valence-electron chi connectivity index (χ0n) is 17.8. The molecule has 172 valence electrons. The van der Waals surface area contributed by atoms with Crippen LogP contribution in [0.2, 0.25) is 10.0 Å². The number of benzene rings is 1. The normalized spacial score (nSPS) is 16.3. The van der Waals surface area contributed by atoms with E-state index >= 15 is 0 Å². The molecule has 1 unspecified atom stereocenters. The summed E-state index contributed by atoms with van der Waals surface area (Å²) in [5.41, 5.74) is 6.34. The van der Waals surface area contributed by atoms with Crippen molar-refractivity contribution in [1.82, 2.24) is 28.9 Å². The van der Waals surface area contributed by atoms with Crippen LogP contribution >= 0.6 is 23.2 Å². The van der Waals surface area contributed by atoms with E-state index in [9.17, 15) is 9.59 Å². The Morgan fingerprint density at radius 1 is 1.15 bits per heavy atom. The number of aryl methyl sites for hydroxylation is 1. The van der Waals surface area contributed by atoms with Crippen molar-refractivity contribution in [3.8, 4) is 11.5 Å². The predicted octanol–water partition coefficient (Wildman–Crippen LogP) is 1.38. The summed E-state index contributed by atoms with van der Waals surface area (Å²) in [6, 6.07) is 5.00. The van der Waals surface area contributed by atoms with Gasteiger partial charge >= 0.3 is 5.69 Å². The lowest BCUT2D eigenvalue weighted by atomic mass is 10.2. The maximum absolute atomic E-state index is 13.1. The molecule has 1 atom stereocenters. The second-order valence-corrected chi connectivity index (χ2v) is 8.81. The number of nitrogens with two attached hydrogens (primary N) is 1. The first-order valence-electron chi connectivity index (χ1n) is 10.2. The number of nitrogens with zero attached hydrogens (tertiary/aromatic N) is 7. The molecule has 11 nitrogen and oxygen atoms in total. The van der Waals surface area contributed by atoms with E-state index in [1.54, 1.807) is 29.8 Å². The molecule has 1 aliphatic heterocycles.